The van der Waals surface area contributed by atoms with Gasteiger partial charge in [-0.3, -0.25) is 0 Å². The van der Waals surface area contributed by atoms with E-state index in [2.05, 4.69) is 38.1 Å². The molecule has 0 radical (unpaired) electrons. The van der Waals surface area contributed by atoms with Gasteiger partial charge in [0.25, 0.3) is 0 Å². The van der Waals surface area contributed by atoms with Gasteiger partial charge in [-0.05, 0) is 26.0 Å². The highest BCUT2D eigenvalue weighted by molar-refractivity contribution is 5.43. The standard InChI is InChI=1S/C8H10.C7H9NO/c1-7-3-5-8(2)6-4-7;1-9-7-4-2-3-6(8)5-7/h3-6H,1-2H3;2-5H,8H2,1H3. The summed E-state index contributed by atoms with van der Waals surface area (Å²) in [6, 6.07) is 15.8. The monoisotopic (exact) mass is 229 g/mol. The van der Waals surface area contributed by atoms with Crippen LogP contribution in [0.5, 0.6) is 5.75 Å². The molecule has 0 aromatic heterocycles. The summed E-state index contributed by atoms with van der Waals surface area (Å²) in [6.07, 6.45) is 0. The molecule has 2 N–H and O–H groups in total. The number of ether oxygens (including phenoxy) is 1. The van der Waals surface area contributed by atoms with Gasteiger partial charge in [-0.15, -0.1) is 0 Å². The van der Waals surface area contributed by atoms with Gasteiger partial charge in [0.15, 0.2) is 0 Å². The number of methoxy groups -OCH3 is 1. The second-order valence-electron chi connectivity index (χ2n) is 3.93. The van der Waals surface area contributed by atoms with Crippen LogP contribution >= 0.6 is 0 Å². The number of hydrogen-bond donors (Lipinski definition) is 1. The van der Waals surface area contributed by atoms with Gasteiger partial charge in [0.1, 0.15) is 5.75 Å². The van der Waals surface area contributed by atoms with Gasteiger partial charge >= 0.3 is 0 Å². The maximum absolute atomic E-state index is 5.45. The molecule has 0 bridgehead atoms. The fourth-order valence-corrected chi connectivity index (χ4v) is 1.28. The van der Waals surface area contributed by atoms with E-state index in [0.29, 0.717) is 0 Å². The zero-order valence-electron chi connectivity index (χ0n) is 10.6. The van der Waals surface area contributed by atoms with Crippen molar-refractivity contribution in [3.63, 3.8) is 0 Å². The first-order chi connectivity index (χ1) is 8.11. The maximum Gasteiger partial charge on any atom is 0.120 e. The molecule has 0 unspecified atom stereocenters. The summed E-state index contributed by atoms with van der Waals surface area (Å²) in [5, 5.41) is 0. The first kappa shape index (κ1) is 13.1. The summed E-state index contributed by atoms with van der Waals surface area (Å²) in [7, 11) is 1.62. The normalized spacial score (nSPS) is 9.12. The van der Waals surface area contributed by atoms with Crippen molar-refractivity contribution in [3.8, 4) is 5.75 Å². The number of aryl methyl sites for hydroxylation is 2. The summed E-state index contributed by atoms with van der Waals surface area (Å²) >= 11 is 0. The van der Waals surface area contributed by atoms with Crippen molar-refractivity contribution in [1.82, 2.24) is 0 Å². The number of nitrogens with two attached hydrogens (primary N) is 1. The topological polar surface area (TPSA) is 35.2 Å². The lowest BCUT2D eigenvalue weighted by Crippen LogP contribution is -1.86. The van der Waals surface area contributed by atoms with Gasteiger partial charge in [-0.1, -0.05) is 41.5 Å². The highest BCUT2D eigenvalue weighted by Gasteiger charge is 1.87. The van der Waals surface area contributed by atoms with Crippen molar-refractivity contribution >= 4 is 5.69 Å². The fourth-order valence-electron chi connectivity index (χ4n) is 1.28. The van der Waals surface area contributed by atoms with E-state index in [-0.39, 0.29) is 0 Å². The molecular weight excluding hydrogens is 210 g/mol. The molecule has 0 aliphatic heterocycles. The second-order valence-corrected chi connectivity index (χ2v) is 3.93. The average molecular weight is 229 g/mol. The largest absolute Gasteiger partial charge is 0.497 e. The van der Waals surface area contributed by atoms with Crippen molar-refractivity contribution in [2.24, 2.45) is 0 Å². The van der Waals surface area contributed by atoms with E-state index < -0.39 is 0 Å². The highest BCUT2D eigenvalue weighted by atomic mass is 16.5. The lowest BCUT2D eigenvalue weighted by Gasteiger charge is -1.97. The lowest BCUT2D eigenvalue weighted by atomic mass is 10.2. The van der Waals surface area contributed by atoms with Crippen LogP contribution in [0.4, 0.5) is 5.69 Å². The molecule has 0 aliphatic carbocycles. The summed E-state index contributed by atoms with van der Waals surface area (Å²) in [6.45, 7) is 4.19. The second kappa shape index (κ2) is 6.59. The Labute approximate surface area is 103 Å². The summed E-state index contributed by atoms with van der Waals surface area (Å²) in [5.74, 6) is 0.801. The zero-order chi connectivity index (χ0) is 12.7. The maximum atomic E-state index is 5.45. The Hall–Kier alpha value is -1.96. The van der Waals surface area contributed by atoms with E-state index >= 15 is 0 Å². The van der Waals surface area contributed by atoms with E-state index in [4.69, 9.17) is 10.5 Å². The molecule has 2 aromatic rings. The smallest absolute Gasteiger partial charge is 0.120 e. The molecular formula is C15H19NO. The third kappa shape index (κ3) is 5.07. The molecule has 0 atom stereocenters. The van der Waals surface area contributed by atoms with Gasteiger partial charge < -0.3 is 10.5 Å². The molecule has 0 saturated heterocycles. The molecule has 2 rings (SSSR count). The van der Waals surface area contributed by atoms with Crippen LogP contribution in [0.1, 0.15) is 11.1 Å². The molecule has 2 aromatic carbocycles. The van der Waals surface area contributed by atoms with Crippen LogP contribution in [0.25, 0.3) is 0 Å². The molecule has 0 amide bonds. The van der Waals surface area contributed by atoms with Crippen molar-refractivity contribution < 1.29 is 4.74 Å². The van der Waals surface area contributed by atoms with Crippen molar-refractivity contribution in [3.05, 3.63) is 59.7 Å². The molecule has 17 heavy (non-hydrogen) atoms. The van der Waals surface area contributed by atoms with Crippen LogP contribution in [-0.2, 0) is 0 Å². The number of rotatable bonds is 1. The van der Waals surface area contributed by atoms with Gasteiger partial charge in [0.2, 0.25) is 0 Å². The van der Waals surface area contributed by atoms with Crippen LogP contribution in [0.2, 0.25) is 0 Å². The van der Waals surface area contributed by atoms with Gasteiger partial charge in [0, 0.05) is 11.8 Å². The third-order valence-electron chi connectivity index (χ3n) is 2.31. The van der Waals surface area contributed by atoms with Gasteiger partial charge in [-0.25, -0.2) is 0 Å². The van der Waals surface area contributed by atoms with E-state index in [1.807, 2.05) is 18.2 Å². The molecule has 90 valence electrons. The van der Waals surface area contributed by atoms with Crippen LogP contribution in [0.3, 0.4) is 0 Å². The summed E-state index contributed by atoms with van der Waals surface area (Å²) < 4.78 is 4.92. The summed E-state index contributed by atoms with van der Waals surface area (Å²) in [4.78, 5) is 0. The summed E-state index contributed by atoms with van der Waals surface area (Å²) in [5.41, 5.74) is 8.84. The lowest BCUT2D eigenvalue weighted by molar-refractivity contribution is 0.415. The fraction of sp³-hybridized carbons (Fsp3) is 0.200. The highest BCUT2D eigenvalue weighted by Crippen LogP contribution is 2.12. The van der Waals surface area contributed by atoms with Crippen LogP contribution in [0.15, 0.2) is 48.5 Å². The van der Waals surface area contributed by atoms with Crippen LogP contribution in [0, 0.1) is 13.8 Å². The zero-order valence-corrected chi connectivity index (χ0v) is 10.6. The van der Waals surface area contributed by atoms with Crippen LogP contribution < -0.4 is 10.5 Å². The number of benzene rings is 2. The average Bonchev–Trinajstić information content (AvgIpc) is 2.34. The third-order valence-corrected chi connectivity index (χ3v) is 2.31. The Balaban J connectivity index is 0.000000171. The number of hydrogen-bond acceptors (Lipinski definition) is 2. The Kier molecular flexibility index (Phi) is 5.08. The van der Waals surface area contributed by atoms with E-state index in [0.717, 1.165) is 11.4 Å². The Bertz CT molecular complexity index is 428. The minimum Gasteiger partial charge on any atom is -0.497 e. The van der Waals surface area contributed by atoms with Gasteiger partial charge in [0.05, 0.1) is 7.11 Å². The molecule has 2 nitrogen and oxygen atoms in total. The minimum absolute atomic E-state index is 0.731. The Morgan fingerprint density at radius 3 is 1.76 bits per heavy atom. The first-order valence-corrected chi connectivity index (χ1v) is 5.54. The van der Waals surface area contributed by atoms with Gasteiger partial charge in [-0.2, -0.15) is 0 Å². The quantitative estimate of drug-likeness (QED) is 0.758. The first-order valence-electron chi connectivity index (χ1n) is 5.54. The molecule has 0 heterocycles. The molecule has 0 fully saturated rings. The molecule has 0 saturated carbocycles. The molecule has 2 heteroatoms. The van der Waals surface area contributed by atoms with E-state index in [9.17, 15) is 0 Å². The predicted molar refractivity (Wildman–Crippen MR) is 73.3 cm³/mol. The van der Waals surface area contributed by atoms with Crippen molar-refractivity contribution in [2.75, 3.05) is 12.8 Å². The SMILES string of the molecule is COc1cccc(N)c1.Cc1ccc(C)cc1. The van der Waals surface area contributed by atoms with Crippen molar-refractivity contribution in [1.29, 1.82) is 0 Å². The van der Waals surface area contributed by atoms with Crippen molar-refractivity contribution in [2.45, 2.75) is 13.8 Å². The number of nitrogen functional groups attached to an aromatic ring is 1. The predicted octanol–water partition coefficient (Wildman–Crippen LogP) is 3.58. The van der Waals surface area contributed by atoms with E-state index in [1.165, 1.54) is 11.1 Å². The van der Waals surface area contributed by atoms with Crippen LogP contribution in [-0.4, -0.2) is 7.11 Å². The van der Waals surface area contributed by atoms with E-state index in [1.54, 1.807) is 13.2 Å². The Morgan fingerprint density at radius 1 is 0.882 bits per heavy atom. The molecule has 0 spiro atoms. The molecule has 0 aliphatic rings. The minimum atomic E-state index is 0.731. The number of anilines is 1. The Morgan fingerprint density at radius 2 is 1.41 bits per heavy atom.